The summed E-state index contributed by atoms with van der Waals surface area (Å²) in [6.07, 6.45) is 13.3. The lowest BCUT2D eigenvalue weighted by Gasteiger charge is -2.19. The van der Waals surface area contributed by atoms with Crippen LogP contribution in [0.25, 0.3) is 0 Å². The summed E-state index contributed by atoms with van der Waals surface area (Å²) >= 11 is 0. The zero-order chi connectivity index (χ0) is 20.5. The molecular formula is C23H40N2O3. The Bertz CT molecular complexity index is 544. The molecule has 5 heteroatoms. The largest absolute Gasteiger partial charge is 0.392 e. The molecule has 2 aliphatic carbocycles. The third kappa shape index (κ3) is 7.02. The Morgan fingerprint density at radius 1 is 1.36 bits per heavy atom. The van der Waals surface area contributed by atoms with Crippen LogP contribution in [0.4, 0.5) is 0 Å². The molecule has 0 saturated heterocycles. The van der Waals surface area contributed by atoms with E-state index in [1.807, 2.05) is 6.08 Å². The zero-order valence-corrected chi connectivity index (χ0v) is 17.9. The van der Waals surface area contributed by atoms with Gasteiger partial charge in [-0.3, -0.25) is 4.79 Å². The van der Waals surface area contributed by atoms with Crippen molar-refractivity contribution in [3.8, 4) is 0 Å². The maximum atomic E-state index is 11.6. The summed E-state index contributed by atoms with van der Waals surface area (Å²) < 4.78 is 0. The number of rotatable bonds is 12. The van der Waals surface area contributed by atoms with Gasteiger partial charge in [-0.05, 0) is 44.1 Å². The molecule has 1 fully saturated rings. The molecule has 0 aromatic rings. The van der Waals surface area contributed by atoms with Crippen molar-refractivity contribution in [2.24, 2.45) is 17.8 Å². The van der Waals surface area contributed by atoms with Crippen LogP contribution in [0.5, 0.6) is 0 Å². The van der Waals surface area contributed by atoms with Gasteiger partial charge in [-0.1, -0.05) is 50.0 Å². The number of aliphatic hydroxyl groups excluding tert-OH is 2. The second kappa shape index (κ2) is 11.7. The van der Waals surface area contributed by atoms with Crippen LogP contribution in [0.3, 0.4) is 0 Å². The number of carbonyl (C=O) groups is 1. The lowest BCUT2D eigenvalue weighted by Crippen LogP contribution is -2.27. The van der Waals surface area contributed by atoms with Crippen LogP contribution in [0.2, 0.25) is 0 Å². The van der Waals surface area contributed by atoms with Gasteiger partial charge in [0, 0.05) is 33.0 Å². The van der Waals surface area contributed by atoms with E-state index in [2.05, 4.69) is 24.4 Å². The van der Waals surface area contributed by atoms with Crippen LogP contribution in [0, 0.1) is 17.8 Å². The second-order valence-electron chi connectivity index (χ2n) is 8.72. The molecule has 0 unspecified atom stereocenters. The van der Waals surface area contributed by atoms with Gasteiger partial charge in [0.2, 0.25) is 5.91 Å². The van der Waals surface area contributed by atoms with Crippen molar-refractivity contribution < 1.29 is 15.0 Å². The van der Waals surface area contributed by atoms with E-state index in [0.29, 0.717) is 18.3 Å². The fourth-order valence-corrected chi connectivity index (χ4v) is 4.54. The SMILES string of the molecule is CCCCC[C@H](O)C=C[C@@H]1[C@H]2CC(CCNCCC(=O)N(C)C)=C[C@H]2C[C@H]1O. The molecule has 5 nitrogen and oxygen atoms in total. The predicted octanol–water partition coefficient (Wildman–Crippen LogP) is 2.89. The van der Waals surface area contributed by atoms with Crippen LogP contribution in [0.15, 0.2) is 23.8 Å². The highest BCUT2D eigenvalue weighted by molar-refractivity contribution is 5.75. The van der Waals surface area contributed by atoms with Crippen molar-refractivity contribution >= 4 is 5.91 Å². The summed E-state index contributed by atoms with van der Waals surface area (Å²) in [6, 6.07) is 0. The molecule has 0 spiro atoms. The maximum absolute atomic E-state index is 11.6. The molecule has 0 aliphatic heterocycles. The third-order valence-electron chi connectivity index (χ3n) is 6.25. The topological polar surface area (TPSA) is 72.8 Å². The number of allylic oxidation sites excluding steroid dienone is 1. The summed E-state index contributed by atoms with van der Waals surface area (Å²) in [7, 11) is 3.57. The lowest BCUT2D eigenvalue weighted by atomic mass is 9.88. The normalized spacial score (nSPS) is 27.8. The molecule has 0 bridgehead atoms. The van der Waals surface area contributed by atoms with Gasteiger partial charge >= 0.3 is 0 Å². The van der Waals surface area contributed by atoms with E-state index in [9.17, 15) is 15.0 Å². The molecule has 0 radical (unpaired) electrons. The van der Waals surface area contributed by atoms with Gasteiger partial charge in [-0.2, -0.15) is 0 Å². The molecular weight excluding hydrogens is 352 g/mol. The summed E-state index contributed by atoms with van der Waals surface area (Å²) in [5.74, 6) is 1.25. The minimum absolute atomic E-state index is 0.155. The van der Waals surface area contributed by atoms with Crippen LogP contribution in [0.1, 0.15) is 58.3 Å². The molecule has 0 aromatic heterocycles. The highest BCUT2D eigenvalue weighted by Crippen LogP contribution is 2.47. The Morgan fingerprint density at radius 3 is 2.86 bits per heavy atom. The molecule has 160 valence electrons. The summed E-state index contributed by atoms with van der Waals surface area (Å²) in [5.41, 5.74) is 1.47. The Hall–Kier alpha value is -1.17. The molecule has 1 saturated carbocycles. The van der Waals surface area contributed by atoms with E-state index in [-0.39, 0.29) is 24.0 Å². The van der Waals surface area contributed by atoms with Crippen molar-refractivity contribution in [2.75, 3.05) is 27.2 Å². The number of carbonyl (C=O) groups excluding carboxylic acids is 1. The fraction of sp³-hybridized carbons (Fsp3) is 0.783. The van der Waals surface area contributed by atoms with Crippen molar-refractivity contribution in [1.29, 1.82) is 0 Å². The van der Waals surface area contributed by atoms with Gasteiger partial charge in [0.25, 0.3) is 0 Å². The van der Waals surface area contributed by atoms with Gasteiger partial charge < -0.3 is 20.4 Å². The number of hydrogen-bond donors (Lipinski definition) is 3. The first-order valence-electron chi connectivity index (χ1n) is 11.1. The maximum Gasteiger partial charge on any atom is 0.223 e. The Kier molecular flexibility index (Phi) is 9.69. The highest BCUT2D eigenvalue weighted by atomic mass is 16.3. The van der Waals surface area contributed by atoms with Gasteiger partial charge in [0.05, 0.1) is 12.2 Å². The fourth-order valence-electron chi connectivity index (χ4n) is 4.54. The van der Waals surface area contributed by atoms with Crippen molar-refractivity contribution in [3.05, 3.63) is 23.8 Å². The monoisotopic (exact) mass is 392 g/mol. The molecule has 3 N–H and O–H groups in total. The summed E-state index contributed by atoms with van der Waals surface area (Å²) in [5, 5.41) is 23.9. The van der Waals surface area contributed by atoms with Gasteiger partial charge in [-0.15, -0.1) is 0 Å². The zero-order valence-electron chi connectivity index (χ0n) is 17.9. The minimum atomic E-state index is -0.388. The van der Waals surface area contributed by atoms with Gasteiger partial charge in [-0.25, -0.2) is 0 Å². The predicted molar refractivity (Wildman–Crippen MR) is 114 cm³/mol. The highest BCUT2D eigenvalue weighted by Gasteiger charge is 2.43. The average molecular weight is 393 g/mol. The van der Waals surface area contributed by atoms with Crippen LogP contribution < -0.4 is 5.32 Å². The Balaban J connectivity index is 1.72. The van der Waals surface area contributed by atoms with E-state index in [1.165, 1.54) is 5.57 Å². The van der Waals surface area contributed by atoms with Crippen molar-refractivity contribution in [2.45, 2.75) is 70.5 Å². The number of nitrogens with one attached hydrogen (secondary N) is 1. The molecule has 0 aromatic carbocycles. The van der Waals surface area contributed by atoms with E-state index in [4.69, 9.17) is 0 Å². The first-order chi connectivity index (χ1) is 13.4. The quantitative estimate of drug-likeness (QED) is 0.353. The minimum Gasteiger partial charge on any atom is -0.392 e. The first kappa shape index (κ1) is 23.1. The number of amides is 1. The molecule has 2 rings (SSSR count). The van der Waals surface area contributed by atoms with Crippen molar-refractivity contribution in [3.63, 3.8) is 0 Å². The Labute approximate surface area is 170 Å². The summed E-state index contributed by atoms with van der Waals surface area (Å²) in [6.45, 7) is 3.78. The van der Waals surface area contributed by atoms with Crippen LogP contribution in [-0.4, -0.2) is 60.4 Å². The molecule has 28 heavy (non-hydrogen) atoms. The third-order valence-corrected chi connectivity index (χ3v) is 6.25. The number of nitrogens with zero attached hydrogens (tertiary/aromatic N) is 1. The van der Waals surface area contributed by atoms with Gasteiger partial charge in [0.1, 0.15) is 0 Å². The van der Waals surface area contributed by atoms with Crippen molar-refractivity contribution in [1.82, 2.24) is 10.2 Å². The standard InChI is InChI=1S/C23H40N2O3/c1-4-5-6-7-19(26)8-9-20-21-15-17(14-18(21)16-22(20)27)10-12-24-13-11-23(28)25(2)3/h8-9,14,18-22,24,26-27H,4-7,10-13,15-16H2,1-3H3/t18-,19-,20+,21-,22+/m0/s1. The molecule has 5 atom stereocenters. The first-order valence-corrected chi connectivity index (χ1v) is 11.1. The number of fused-ring (bicyclic) bond motifs is 1. The summed E-state index contributed by atoms with van der Waals surface area (Å²) in [4.78, 5) is 13.2. The Morgan fingerprint density at radius 2 is 2.14 bits per heavy atom. The molecule has 0 heterocycles. The molecule has 1 amide bonds. The molecule has 2 aliphatic rings. The van der Waals surface area contributed by atoms with Gasteiger partial charge in [0.15, 0.2) is 0 Å². The van der Waals surface area contributed by atoms with E-state index < -0.39 is 0 Å². The number of unbranched alkanes of at least 4 members (excludes halogenated alkanes) is 2. The number of hydrogen-bond acceptors (Lipinski definition) is 4. The van der Waals surface area contributed by atoms with Crippen LogP contribution >= 0.6 is 0 Å². The second-order valence-corrected chi connectivity index (χ2v) is 8.72. The average Bonchev–Trinajstić information content (AvgIpc) is 3.16. The lowest BCUT2D eigenvalue weighted by molar-refractivity contribution is -0.128. The van der Waals surface area contributed by atoms with E-state index >= 15 is 0 Å². The smallest absolute Gasteiger partial charge is 0.223 e. The number of aliphatic hydroxyl groups is 2. The van der Waals surface area contributed by atoms with E-state index in [1.54, 1.807) is 19.0 Å². The van der Waals surface area contributed by atoms with E-state index in [0.717, 1.165) is 58.0 Å². The van der Waals surface area contributed by atoms with Crippen LogP contribution in [-0.2, 0) is 4.79 Å².